The van der Waals surface area contributed by atoms with Crippen LogP contribution in [-0.4, -0.2) is 32.0 Å². The summed E-state index contributed by atoms with van der Waals surface area (Å²) in [6.45, 7) is 2.88. The van der Waals surface area contributed by atoms with Crippen LogP contribution in [0.3, 0.4) is 0 Å². The zero-order chi connectivity index (χ0) is 13.6. The molecule has 6 heteroatoms. The fraction of sp³-hybridized carbons (Fsp3) is 0.583. The van der Waals surface area contributed by atoms with Crippen LogP contribution >= 0.6 is 15.9 Å². The van der Waals surface area contributed by atoms with E-state index in [0.717, 1.165) is 23.0 Å². The van der Waals surface area contributed by atoms with Crippen LogP contribution in [0.25, 0.3) is 0 Å². The van der Waals surface area contributed by atoms with E-state index in [4.69, 9.17) is 0 Å². The molecular weight excluding hydrogens is 316 g/mol. The molecule has 102 valence electrons. The van der Waals surface area contributed by atoms with Gasteiger partial charge in [0.15, 0.2) is 0 Å². The third-order valence-corrected chi connectivity index (χ3v) is 4.05. The molecule has 4 nitrogen and oxygen atoms in total. The second-order valence-corrected chi connectivity index (χ2v) is 7.49. The van der Waals surface area contributed by atoms with Crippen molar-refractivity contribution in [2.45, 2.75) is 25.8 Å². The Hall–Kier alpha value is -0.460. The molecule has 0 saturated heterocycles. The number of sulfone groups is 1. The lowest BCUT2D eigenvalue weighted by Gasteiger charge is -2.18. The number of aromatic nitrogens is 1. The van der Waals surface area contributed by atoms with E-state index in [1.807, 2.05) is 19.2 Å². The highest BCUT2D eigenvalue weighted by Gasteiger charge is 2.12. The van der Waals surface area contributed by atoms with Gasteiger partial charge in [-0.2, -0.15) is 0 Å². The molecule has 1 aromatic heterocycles. The fourth-order valence-corrected chi connectivity index (χ4v) is 2.88. The highest BCUT2D eigenvalue weighted by molar-refractivity contribution is 9.10. The molecule has 0 aliphatic heterocycles. The third-order valence-electron chi connectivity index (χ3n) is 2.59. The lowest BCUT2D eigenvalue weighted by atomic mass is 10.0. The smallest absolute Gasteiger partial charge is 0.147 e. The monoisotopic (exact) mass is 334 g/mol. The molecule has 0 radical (unpaired) electrons. The van der Waals surface area contributed by atoms with E-state index in [1.165, 1.54) is 6.26 Å². The molecule has 0 amide bonds. The first-order valence-electron chi connectivity index (χ1n) is 5.94. The maximum absolute atomic E-state index is 11.1. The molecule has 0 aliphatic rings. The third kappa shape index (κ3) is 5.93. The highest BCUT2D eigenvalue weighted by atomic mass is 79.9. The van der Waals surface area contributed by atoms with Gasteiger partial charge in [0, 0.05) is 34.9 Å². The van der Waals surface area contributed by atoms with Crippen molar-refractivity contribution in [1.82, 2.24) is 10.3 Å². The normalized spacial score (nSPS) is 13.5. The van der Waals surface area contributed by atoms with E-state index in [2.05, 4.69) is 26.2 Å². The molecule has 0 spiro atoms. The van der Waals surface area contributed by atoms with Gasteiger partial charge in [-0.05, 0) is 46.9 Å². The first-order chi connectivity index (χ1) is 8.42. The minimum atomic E-state index is -2.88. The van der Waals surface area contributed by atoms with Gasteiger partial charge in [-0.3, -0.25) is 4.98 Å². The molecule has 0 saturated carbocycles. The molecule has 1 atom stereocenters. The maximum atomic E-state index is 11.1. The summed E-state index contributed by atoms with van der Waals surface area (Å²) in [7, 11) is -2.88. The molecule has 1 unspecified atom stereocenters. The van der Waals surface area contributed by atoms with Crippen molar-refractivity contribution in [3.63, 3.8) is 0 Å². The summed E-state index contributed by atoms with van der Waals surface area (Å²) < 4.78 is 23.2. The molecular formula is C12H19BrN2O2S. The van der Waals surface area contributed by atoms with Gasteiger partial charge in [-0.15, -0.1) is 0 Å². The summed E-state index contributed by atoms with van der Waals surface area (Å²) in [4.78, 5) is 4.14. The van der Waals surface area contributed by atoms with Gasteiger partial charge in [0.25, 0.3) is 0 Å². The maximum Gasteiger partial charge on any atom is 0.147 e. The number of nitrogens with zero attached hydrogens (tertiary/aromatic N) is 1. The predicted octanol–water partition coefficient (Wildman–Crippen LogP) is 2.32. The van der Waals surface area contributed by atoms with Crippen LogP contribution in [0.15, 0.2) is 22.9 Å². The van der Waals surface area contributed by atoms with Gasteiger partial charge in [-0.1, -0.05) is 6.92 Å². The Morgan fingerprint density at radius 3 is 2.72 bits per heavy atom. The van der Waals surface area contributed by atoms with Gasteiger partial charge in [-0.25, -0.2) is 8.42 Å². The van der Waals surface area contributed by atoms with Crippen molar-refractivity contribution >= 4 is 25.8 Å². The van der Waals surface area contributed by atoms with Crippen LogP contribution in [0, 0.1) is 0 Å². The molecule has 1 heterocycles. The van der Waals surface area contributed by atoms with E-state index in [-0.39, 0.29) is 11.8 Å². The molecule has 0 fully saturated rings. The first kappa shape index (κ1) is 15.6. The number of pyridine rings is 1. The fourth-order valence-electron chi connectivity index (χ4n) is 1.80. The van der Waals surface area contributed by atoms with E-state index in [9.17, 15) is 8.42 Å². The van der Waals surface area contributed by atoms with Crippen LogP contribution in [0.1, 0.15) is 31.4 Å². The van der Waals surface area contributed by atoms with Crippen LogP contribution in [0.5, 0.6) is 0 Å². The van der Waals surface area contributed by atoms with Crippen LogP contribution in [0.4, 0.5) is 0 Å². The molecule has 18 heavy (non-hydrogen) atoms. The lowest BCUT2D eigenvalue weighted by molar-refractivity contribution is 0.505. The molecule has 1 aromatic rings. The molecule has 1 N–H and O–H groups in total. The number of rotatable bonds is 7. The minimum Gasteiger partial charge on any atom is -0.310 e. The Labute approximate surface area is 117 Å². The average Bonchev–Trinajstić information content (AvgIpc) is 2.26. The summed E-state index contributed by atoms with van der Waals surface area (Å²) in [5.41, 5.74) is 1.08. The number of hydrogen-bond acceptors (Lipinski definition) is 4. The van der Waals surface area contributed by atoms with Gasteiger partial charge in [0.1, 0.15) is 9.84 Å². The van der Waals surface area contributed by atoms with Crippen molar-refractivity contribution in [1.29, 1.82) is 0 Å². The summed E-state index contributed by atoms with van der Waals surface area (Å²) >= 11 is 3.40. The predicted molar refractivity (Wildman–Crippen MR) is 77.3 cm³/mol. The van der Waals surface area contributed by atoms with Gasteiger partial charge < -0.3 is 5.32 Å². The Kier molecular flexibility index (Phi) is 6.25. The van der Waals surface area contributed by atoms with Gasteiger partial charge >= 0.3 is 0 Å². The molecule has 1 rings (SSSR count). The van der Waals surface area contributed by atoms with E-state index < -0.39 is 9.84 Å². The van der Waals surface area contributed by atoms with Gasteiger partial charge in [0.05, 0.1) is 0 Å². The SMILES string of the molecule is CCNC(CCCS(C)(=O)=O)c1cncc(Br)c1. The quantitative estimate of drug-likeness (QED) is 0.831. The van der Waals surface area contributed by atoms with Crippen molar-refractivity contribution in [2.24, 2.45) is 0 Å². The summed E-state index contributed by atoms with van der Waals surface area (Å²) in [6, 6.07) is 2.17. The van der Waals surface area contributed by atoms with Crippen molar-refractivity contribution in [3.05, 3.63) is 28.5 Å². The first-order valence-corrected chi connectivity index (χ1v) is 8.79. The largest absolute Gasteiger partial charge is 0.310 e. The lowest BCUT2D eigenvalue weighted by Crippen LogP contribution is -2.21. The number of hydrogen-bond donors (Lipinski definition) is 1. The zero-order valence-corrected chi connectivity index (χ0v) is 13.1. The average molecular weight is 335 g/mol. The topological polar surface area (TPSA) is 59.1 Å². The zero-order valence-electron chi connectivity index (χ0n) is 10.7. The van der Waals surface area contributed by atoms with Crippen LogP contribution < -0.4 is 5.32 Å². The Morgan fingerprint density at radius 2 is 2.17 bits per heavy atom. The summed E-state index contributed by atoms with van der Waals surface area (Å²) in [5.74, 6) is 0.232. The number of nitrogens with one attached hydrogen (secondary N) is 1. The second-order valence-electron chi connectivity index (χ2n) is 4.32. The molecule has 0 aromatic carbocycles. The van der Waals surface area contributed by atoms with Gasteiger partial charge in [0.2, 0.25) is 0 Å². The Bertz CT molecular complexity index is 477. The number of halogens is 1. The summed E-state index contributed by atoms with van der Waals surface area (Å²) in [6.07, 6.45) is 6.28. The Morgan fingerprint density at radius 1 is 1.44 bits per heavy atom. The molecule has 0 bridgehead atoms. The van der Waals surface area contributed by atoms with E-state index >= 15 is 0 Å². The minimum absolute atomic E-state index is 0.154. The van der Waals surface area contributed by atoms with E-state index in [0.29, 0.717) is 6.42 Å². The van der Waals surface area contributed by atoms with E-state index in [1.54, 1.807) is 6.20 Å². The second kappa shape index (κ2) is 7.21. The van der Waals surface area contributed by atoms with Crippen LogP contribution in [0.2, 0.25) is 0 Å². The molecule has 0 aliphatic carbocycles. The standard InChI is InChI=1S/C12H19BrN2O2S/c1-3-15-12(5-4-6-18(2,16)17)10-7-11(13)9-14-8-10/h7-9,12,15H,3-6H2,1-2H3. The van der Waals surface area contributed by atoms with Crippen molar-refractivity contribution in [2.75, 3.05) is 18.6 Å². The van der Waals surface area contributed by atoms with Crippen molar-refractivity contribution in [3.8, 4) is 0 Å². The summed E-state index contributed by atoms with van der Waals surface area (Å²) in [5, 5.41) is 3.36. The highest BCUT2D eigenvalue weighted by Crippen LogP contribution is 2.21. The van der Waals surface area contributed by atoms with Crippen LogP contribution in [-0.2, 0) is 9.84 Å². The van der Waals surface area contributed by atoms with Crippen molar-refractivity contribution < 1.29 is 8.42 Å². The Balaban J connectivity index is 2.65.